The van der Waals surface area contributed by atoms with Crippen molar-refractivity contribution in [1.82, 2.24) is 20.0 Å². The second-order valence-corrected chi connectivity index (χ2v) is 5.85. The minimum Gasteiger partial charge on any atom is -0.496 e. The molecule has 1 unspecified atom stereocenters. The Morgan fingerprint density at radius 2 is 2.13 bits per heavy atom. The number of ether oxygens (including phenoxy) is 1. The molecule has 1 aliphatic rings. The van der Waals surface area contributed by atoms with Gasteiger partial charge in [-0.2, -0.15) is 5.10 Å². The highest BCUT2D eigenvalue weighted by Crippen LogP contribution is 2.31. The number of methoxy groups -OCH3 is 1. The Hall–Kier alpha value is -1.56. The van der Waals surface area contributed by atoms with Gasteiger partial charge in [-0.05, 0) is 13.0 Å². The summed E-state index contributed by atoms with van der Waals surface area (Å²) in [6.45, 7) is 5.99. The summed E-state index contributed by atoms with van der Waals surface area (Å²) in [6.07, 6.45) is 2.12. The number of nitrogens with one attached hydrogen (secondary N) is 1. The lowest BCUT2D eigenvalue weighted by Gasteiger charge is -2.37. The van der Waals surface area contributed by atoms with E-state index < -0.39 is 0 Å². The van der Waals surface area contributed by atoms with Crippen LogP contribution >= 0.6 is 12.4 Å². The lowest BCUT2D eigenvalue weighted by Crippen LogP contribution is -2.45. The van der Waals surface area contributed by atoms with Gasteiger partial charge in [0.2, 0.25) is 0 Å². The first-order chi connectivity index (χ1) is 10.7. The van der Waals surface area contributed by atoms with Crippen LogP contribution in [0.2, 0.25) is 0 Å². The van der Waals surface area contributed by atoms with Crippen molar-refractivity contribution in [2.24, 2.45) is 7.05 Å². The molecule has 0 saturated carbocycles. The van der Waals surface area contributed by atoms with Gasteiger partial charge in [-0.3, -0.25) is 9.58 Å². The quantitative estimate of drug-likeness (QED) is 0.930. The predicted octanol–water partition coefficient (Wildman–Crippen LogP) is 2.31. The Balaban J connectivity index is 0.00000192. The molecule has 1 N–H and O–H groups in total. The van der Waals surface area contributed by atoms with Gasteiger partial charge in [-0.25, -0.2) is 0 Å². The zero-order valence-corrected chi connectivity index (χ0v) is 14.8. The van der Waals surface area contributed by atoms with E-state index in [-0.39, 0.29) is 12.4 Å². The summed E-state index contributed by atoms with van der Waals surface area (Å²) in [6, 6.07) is 8.63. The Morgan fingerprint density at radius 1 is 1.35 bits per heavy atom. The maximum absolute atomic E-state index is 5.55. The summed E-state index contributed by atoms with van der Waals surface area (Å²) < 4.78 is 7.45. The number of rotatable bonds is 4. The highest BCUT2D eigenvalue weighted by atomic mass is 35.5. The zero-order valence-electron chi connectivity index (χ0n) is 14.0. The van der Waals surface area contributed by atoms with Gasteiger partial charge in [0, 0.05) is 50.6 Å². The van der Waals surface area contributed by atoms with Crippen molar-refractivity contribution in [3.8, 4) is 5.75 Å². The molecule has 1 aromatic heterocycles. The molecule has 126 valence electrons. The number of halogens is 1. The highest BCUT2D eigenvalue weighted by Gasteiger charge is 2.26. The smallest absolute Gasteiger partial charge is 0.123 e. The van der Waals surface area contributed by atoms with E-state index in [1.54, 1.807) is 7.11 Å². The summed E-state index contributed by atoms with van der Waals surface area (Å²) in [7, 11) is 3.72. The Bertz CT molecular complexity index is 643. The van der Waals surface area contributed by atoms with E-state index in [0.29, 0.717) is 6.04 Å². The molecule has 6 heteroatoms. The number of para-hydroxylation sites is 1. The normalized spacial score (nSPS) is 18.5. The molecule has 2 heterocycles. The molecule has 5 nitrogen and oxygen atoms in total. The molecule has 1 saturated heterocycles. The van der Waals surface area contributed by atoms with Crippen LogP contribution in [0.1, 0.15) is 22.9 Å². The third-order valence-electron chi connectivity index (χ3n) is 4.34. The average Bonchev–Trinajstić information content (AvgIpc) is 2.85. The van der Waals surface area contributed by atoms with Crippen molar-refractivity contribution in [1.29, 1.82) is 0 Å². The minimum atomic E-state index is 0. The maximum atomic E-state index is 5.55. The largest absolute Gasteiger partial charge is 0.496 e. The number of hydrogen-bond donors (Lipinski definition) is 1. The lowest BCUT2D eigenvalue weighted by molar-refractivity contribution is 0.150. The molecule has 2 aromatic rings. The average molecular weight is 337 g/mol. The summed E-state index contributed by atoms with van der Waals surface area (Å²) in [5, 5.41) is 7.96. The summed E-state index contributed by atoms with van der Waals surface area (Å²) >= 11 is 0. The molecule has 1 aliphatic heterocycles. The summed E-state index contributed by atoms with van der Waals surface area (Å²) in [5.74, 6) is 0.962. The molecular formula is C17H25ClN4O. The van der Waals surface area contributed by atoms with Crippen molar-refractivity contribution in [2.75, 3.05) is 26.7 Å². The molecule has 1 aromatic carbocycles. The Morgan fingerprint density at radius 3 is 2.83 bits per heavy atom. The number of aryl methyl sites for hydroxylation is 2. The number of benzene rings is 1. The highest BCUT2D eigenvalue weighted by molar-refractivity contribution is 5.85. The molecule has 3 rings (SSSR count). The van der Waals surface area contributed by atoms with E-state index in [9.17, 15) is 0 Å². The molecule has 0 spiro atoms. The van der Waals surface area contributed by atoms with Gasteiger partial charge >= 0.3 is 0 Å². The fraction of sp³-hybridized carbons (Fsp3) is 0.471. The van der Waals surface area contributed by atoms with E-state index in [1.807, 2.05) is 23.9 Å². The minimum absolute atomic E-state index is 0. The van der Waals surface area contributed by atoms with E-state index >= 15 is 0 Å². The molecule has 0 bridgehead atoms. The van der Waals surface area contributed by atoms with E-state index in [2.05, 4.69) is 40.6 Å². The summed E-state index contributed by atoms with van der Waals surface area (Å²) in [5.41, 5.74) is 3.66. The molecule has 0 aliphatic carbocycles. The van der Waals surface area contributed by atoms with Gasteiger partial charge < -0.3 is 10.1 Å². The van der Waals surface area contributed by atoms with E-state index in [0.717, 1.165) is 37.6 Å². The third-order valence-corrected chi connectivity index (χ3v) is 4.34. The first kappa shape index (κ1) is 17.8. The van der Waals surface area contributed by atoms with Gasteiger partial charge in [0.25, 0.3) is 0 Å². The van der Waals surface area contributed by atoms with Gasteiger partial charge in [0.1, 0.15) is 5.75 Å². The standard InChI is InChI=1S/C17H24N4O.ClH/c1-13-14(11-20(2)19-13)12-21-9-8-18-10-16(21)15-6-4-5-7-17(15)22-3;/h4-7,11,16,18H,8-10,12H2,1-3H3;1H. The van der Waals surface area contributed by atoms with E-state index in [4.69, 9.17) is 4.74 Å². The fourth-order valence-electron chi connectivity index (χ4n) is 3.21. The molecule has 1 atom stereocenters. The van der Waals surface area contributed by atoms with Crippen molar-refractivity contribution < 1.29 is 4.74 Å². The van der Waals surface area contributed by atoms with Gasteiger partial charge in [0.05, 0.1) is 18.8 Å². The number of hydrogen-bond acceptors (Lipinski definition) is 4. The topological polar surface area (TPSA) is 42.3 Å². The van der Waals surface area contributed by atoms with Crippen molar-refractivity contribution >= 4 is 12.4 Å². The van der Waals surface area contributed by atoms with Crippen LogP contribution in [0.4, 0.5) is 0 Å². The Labute approximate surface area is 144 Å². The first-order valence-electron chi connectivity index (χ1n) is 7.76. The van der Waals surface area contributed by atoms with E-state index in [1.165, 1.54) is 11.1 Å². The molecule has 0 amide bonds. The van der Waals surface area contributed by atoms with Gasteiger partial charge in [-0.15, -0.1) is 12.4 Å². The predicted molar refractivity (Wildman–Crippen MR) is 94.2 cm³/mol. The zero-order chi connectivity index (χ0) is 15.5. The molecule has 1 fully saturated rings. The van der Waals surface area contributed by atoms with Crippen LogP contribution in [0, 0.1) is 6.92 Å². The van der Waals surface area contributed by atoms with Crippen LogP contribution in [0.25, 0.3) is 0 Å². The number of piperazine rings is 1. The van der Waals surface area contributed by atoms with Crippen molar-refractivity contribution in [3.05, 3.63) is 47.3 Å². The monoisotopic (exact) mass is 336 g/mol. The molecule has 23 heavy (non-hydrogen) atoms. The second kappa shape index (κ2) is 7.81. The lowest BCUT2D eigenvalue weighted by atomic mass is 10.0. The van der Waals surface area contributed by atoms with Crippen LogP contribution in [-0.2, 0) is 13.6 Å². The SMILES string of the molecule is COc1ccccc1C1CNCCN1Cc1cn(C)nc1C.Cl. The fourth-order valence-corrected chi connectivity index (χ4v) is 3.21. The molecular weight excluding hydrogens is 312 g/mol. The number of nitrogens with zero attached hydrogens (tertiary/aromatic N) is 3. The van der Waals surface area contributed by atoms with Gasteiger partial charge in [0.15, 0.2) is 0 Å². The molecule has 0 radical (unpaired) electrons. The van der Waals surface area contributed by atoms with Crippen LogP contribution in [0.5, 0.6) is 5.75 Å². The van der Waals surface area contributed by atoms with Crippen LogP contribution < -0.4 is 10.1 Å². The first-order valence-corrected chi connectivity index (χ1v) is 7.76. The van der Waals surface area contributed by atoms with Gasteiger partial charge in [-0.1, -0.05) is 18.2 Å². The third kappa shape index (κ3) is 3.86. The van der Waals surface area contributed by atoms with Crippen LogP contribution in [0.15, 0.2) is 30.5 Å². The summed E-state index contributed by atoms with van der Waals surface area (Å²) in [4.78, 5) is 2.51. The van der Waals surface area contributed by atoms with Crippen molar-refractivity contribution in [2.45, 2.75) is 19.5 Å². The van der Waals surface area contributed by atoms with Crippen molar-refractivity contribution in [3.63, 3.8) is 0 Å². The number of aromatic nitrogens is 2. The second-order valence-electron chi connectivity index (χ2n) is 5.85. The Kier molecular flexibility index (Phi) is 6.04. The van der Waals surface area contributed by atoms with Crippen LogP contribution in [0.3, 0.4) is 0 Å². The van der Waals surface area contributed by atoms with Crippen LogP contribution in [-0.4, -0.2) is 41.4 Å². The maximum Gasteiger partial charge on any atom is 0.123 e.